The molecular formula is C3H7Cl2NO. The topological polar surface area (TPSA) is 29.4 Å². The second-order valence-corrected chi connectivity index (χ2v) is 1.42. The Hall–Kier alpha value is 0.180. The number of nitroso groups, excluding NO2 is 1. The van der Waals surface area contributed by atoms with Crippen LogP contribution in [0.25, 0.3) is 0 Å². The van der Waals surface area contributed by atoms with Crippen molar-refractivity contribution in [1.82, 2.24) is 0 Å². The average molecular weight is 144 g/mol. The monoisotopic (exact) mass is 143 g/mol. The molecule has 7 heavy (non-hydrogen) atoms. The van der Waals surface area contributed by atoms with Crippen molar-refractivity contribution in [2.45, 2.75) is 13.0 Å². The number of alkyl halides is 1. The zero-order valence-corrected chi connectivity index (χ0v) is 5.50. The number of rotatable bonds is 2. The molecule has 0 aliphatic heterocycles. The van der Waals surface area contributed by atoms with Crippen molar-refractivity contribution >= 4 is 24.0 Å². The molecule has 0 spiro atoms. The summed E-state index contributed by atoms with van der Waals surface area (Å²) in [5.74, 6) is 0.323. The third kappa shape index (κ3) is 6.18. The van der Waals surface area contributed by atoms with Crippen LogP contribution in [0.1, 0.15) is 6.92 Å². The van der Waals surface area contributed by atoms with Crippen LogP contribution in [-0.4, -0.2) is 11.9 Å². The molecule has 1 unspecified atom stereocenters. The molecule has 0 saturated heterocycles. The fourth-order valence-electron chi connectivity index (χ4n) is 0.0282. The molecule has 4 heteroatoms. The minimum Gasteiger partial charge on any atom is -0.150 e. The molecule has 0 bridgehead atoms. The van der Waals surface area contributed by atoms with Crippen molar-refractivity contribution in [2.24, 2.45) is 5.18 Å². The molecule has 0 aliphatic carbocycles. The van der Waals surface area contributed by atoms with E-state index >= 15 is 0 Å². The predicted octanol–water partition coefficient (Wildman–Crippen LogP) is 1.80. The Balaban J connectivity index is 0. The molecule has 0 heterocycles. The fraction of sp³-hybridized carbons (Fsp3) is 1.00. The van der Waals surface area contributed by atoms with E-state index in [9.17, 15) is 4.91 Å². The Labute approximate surface area is 53.6 Å². The lowest BCUT2D eigenvalue weighted by Gasteiger charge is -1.86. The molecular weight excluding hydrogens is 137 g/mol. The molecule has 0 N–H and O–H groups in total. The molecule has 1 atom stereocenters. The summed E-state index contributed by atoms with van der Waals surface area (Å²) in [5.41, 5.74) is 0. The van der Waals surface area contributed by atoms with E-state index in [-0.39, 0.29) is 18.4 Å². The van der Waals surface area contributed by atoms with Gasteiger partial charge in [0.15, 0.2) is 0 Å². The van der Waals surface area contributed by atoms with Crippen LogP contribution in [0.2, 0.25) is 0 Å². The maximum atomic E-state index is 9.40. The van der Waals surface area contributed by atoms with Gasteiger partial charge in [-0.3, -0.25) is 0 Å². The van der Waals surface area contributed by atoms with Crippen LogP contribution >= 0.6 is 24.0 Å². The van der Waals surface area contributed by atoms with E-state index in [0.29, 0.717) is 5.88 Å². The van der Waals surface area contributed by atoms with Crippen molar-refractivity contribution in [2.75, 3.05) is 5.88 Å². The van der Waals surface area contributed by atoms with E-state index in [0.717, 1.165) is 0 Å². The first-order valence-corrected chi connectivity index (χ1v) is 2.23. The Morgan fingerprint density at radius 2 is 2.29 bits per heavy atom. The summed E-state index contributed by atoms with van der Waals surface area (Å²) in [4.78, 5) is 9.40. The Bertz CT molecular complexity index is 50.2. The van der Waals surface area contributed by atoms with Crippen molar-refractivity contribution < 1.29 is 0 Å². The van der Waals surface area contributed by atoms with E-state index in [1.54, 1.807) is 6.92 Å². The maximum absolute atomic E-state index is 9.40. The first kappa shape index (κ1) is 10.2. The van der Waals surface area contributed by atoms with Crippen LogP contribution < -0.4 is 0 Å². The third-order valence-corrected chi connectivity index (χ3v) is 0.850. The lowest BCUT2D eigenvalue weighted by atomic mass is 10.4. The van der Waals surface area contributed by atoms with Crippen LogP contribution in [0.4, 0.5) is 0 Å². The number of hydrogen-bond acceptors (Lipinski definition) is 2. The van der Waals surface area contributed by atoms with Gasteiger partial charge in [0.05, 0.1) is 0 Å². The first-order valence-electron chi connectivity index (χ1n) is 1.69. The Morgan fingerprint density at radius 1 is 1.86 bits per heavy atom. The zero-order chi connectivity index (χ0) is 4.99. The number of halogens is 2. The van der Waals surface area contributed by atoms with Gasteiger partial charge in [0.2, 0.25) is 0 Å². The van der Waals surface area contributed by atoms with Crippen molar-refractivity contribution in [3.05, 3.63) is 4.91 Å². The standard InChI is InChI=1S/C3H6ClNO.ClH/c1-3(2-4)5-6;/h3H,2H2,1H3;1H. The van der Waals surface area contributed by atoms with E-state index in [1.807, 2.05) is 0 Å². The molecule has 0 amide bonds. The quantitative estimate of drug-likeness (QED) is 0.429. The van der Waals surface area contributed by atoms with Gasteiger partial charge in [0, 0.05) is 5.88 Å². The largest absolute Gasteiger partial charge is 0.150 e. The molecule has 0 fully saturated rings. The molecule has 44 valence electrons. The second-order valence-electron chi connectivity index (χ2n) is 1.11. The van der Waals surface area contributed by atoms with Gasteiger partial charge < -0.3 is 0 Å². The zero-order valence-electron chi connectivity index (χ0n) is 3.93. The lowest BCUT2D eigenvalue weighted by molar-refractivity contribution is 0.835. The van der Waals surface area contributed by atoms with Gasteiger partial charge in [0.25, 0.3) is 0 Å². The molecule has 2 nitrogen and oxygen atoms in total. The van der Waals surface area contributed by atoms with Crippen LogP contribution in [0.3, 0.4) is 0 Å². The van der Waals surface area contributed by atoms with E-state index < -0.39 is 0 Å². The summed E-state index contributed by atoms with van der Waals surface area (Å²) in [6.07, 6.45) is 0. The number of hydrogen-bond donors (Lipinski definition) is 0. The van der Waals surface area contributed by atoms with Crippen molar-refractivity contribution in [1.29, 1.82) is 0 Å². The maximum Gasteiger partial charge on any atom is 0.103 e. The highest BCUT2D eigenvalue weighted by molar-refractivity contribution is 6.18. The SMILES string of the molecule is CC(CCl)N=O.Cl. The summed E-state index contributed by atoms with van der Waals surface area (Å²) < 4.78 is 0. The summed E-state index contributed by atoms with van der Waals surface area (Å²) in [6.45, 7) is 1.67. The van der Waals surface area contributed by atoms with Crippen LogP contribution in [0, 0.1) is 4.91 Å². The third-order valence-electron chi connectivity index (χ3n) is 0.403. The Morgan fingerprint density at radius 3 is 2.29 bits per heavy atom. The van der Waals surface area contributed by atoms with Crippen LogP contribution in [0.5, 0.6) is 0 Å². The minimum absolute atomic E-state index is 0. The average Bonchev–Trinajstić information content (AvgIpc) is 1.65. The van der Waals surface area contributed by atoms with Crippen molar-refractivity contribution in [3.8, 4) is 0 Å². The summed E-state index contributed by atoms with van der Waals surface area (Å²) in [5, 5.41) is 2.62. The van der Waals surface area contributed by atoms with Gasteiger partial charge in [-0.2, -0.15) is 4.91 Å². The van der Waals surface area contributed by atoms with Crippen molar-refractivity contribution in [3.63, 3.8) is 0 Å². The first-order chi connectivity index (χ1) is 2.81. The molecule has 0 saturated carbocycles. The van der Waals surface area contributed by atoms with E-state index in [2.05, 4.69) is 5.18 Å². The minimum atomic E-state index is -0.230. The molecule has 0 aromatic rings. The molecule has 0 aromatic carbocycles. The highest BCUT2D eigenvalue weighted by Gasteiger charge is 1.92. The van der Waals surface area contributed by atoms with Gasteiger partial charge >= 0.3 is 0 Å². The van der Waals surface area contributed by atoms with Crippen LogP contribution in [-0.2, 0) is 0 Å². The van der Waals surface area contributed by atoms with E-state index in [4.69, 9.17) is 11.6 Å². The highest BCUT2D eigenvalue weighted by atomic mass is 35.5. The normalized spacial score (nSPS) is 11.7. The van der Waals surface area contributed by atoms with Crippen LogP contribution in [0.15, 0.2) is 5.18 Å². The van der Waals surface area contributed by atoms with Gasteiger partial charge in [-0.1, -0.05) is 5.18 Å². The summed E-state index contributed by atoms with van der Waals surface area (Å²) >= 11 is 5.16. The predicted molar refractivity (Wildman–Crippen MR) is 33.2 cm³/mol. The van der Waals surface area contributed by atoms with E-state index in [1.165, 1.54) is 0 Å². The lowest BCUT2D eigenvalue weighted by Crippen LogP contribution is -1.95. The summed E-state index contributed by atoms with van der Waals surface area (Å²) in [6, 6.07) is -0.230. The molecule has 0 aromatic heterocycles. The van der Waals surface area contributed by atoms with Gasteiger partial charge in [-0.05, 0) is 6.92 Å². The fourth-order valence-corrected chi connectivity index (χ4v) is 0.0845. The van der Waals surface area contributed by atoms with Gasteiger partial charge in [-0.15, -0.1) is 24.0 Å². The molecule has 0 rings (SSSR count). The second kappa shape index (κ2) is 6.18. The van der Waals surface area contributed by atoms with Gasteiger partial charge in [-0.25, -0.2) is 0 Å². The molecule has 0 aliphatic rings. The van der Waals surface area contributed by atoms with Gasteiger partial charge in [0.1, 0.15) is 6.04 Å². The Kier molecular flexibility index (Phi) is 9.02. The summed E-state index contributed by atoms with van der Waals surface area (Å²) in [7, 11) is 0. The highest BCUT2D eigenvalue weighted by Crippen LogP contribution is 1.88. The number of nitrogens with zero attached hydrogens (tertiary/aromatic N) is 1. The smallest absolute Gasteiger partial charge is 0.103 e. The molecule has 0 radical (unpaired) electrons.